The highest BCUT2D eigenvalue weighted by molar-refractivity contribution is 7.81. The molecule has 2 atom stereocenters. The molecule has 0 bridgehead atoms. The van der Waals surface area contributed by atoms with Gasteiger partial charge in [0.15, 0.2) is 0 Å². The van der Waals surface area contributed by atoms with Crippen molar-refractivity contribution in [2.45, 2.75) is 45.3 Å². The summed E-state index contributed by atoms with van der Waals surface area (Å²) in [5.41, 5.74) is 0. The molecule has 1 heterocycles. The van der Waals surface area contributed by atoms with Gasteiger partial charge in [-0.15, -0.1) is 0 Å². The first kappa shape index (κ1) is 12.9. The predicted molar refractivity (Wildman–Crippen MR) is 67.2 cm³/mol. The molecule has 1 aliphatic rings. The van der Waals surface area contributed by atoms with E-state index in [4.69, 9.17) is 0 Å². The minimum atomic E-state index is -0.152. The molecule has 3 heteroatoms. The van der Waals surface area contributed by atoms with Gasteiger partial charge in [-0.2, -0.15) is 12.6 Å². The van der Waals surface area contributed by atoms with Crippen molar-refractivity contribution >= 4 is 18.5 Å². The van der Waals surface area contributed by atoms with Crippen LogP contribution in [0, 0.1) is 11.8 Å². The number of rotatable bonds is 2. The number of amides is 1. The lowest BCUT2D eigenvalue weighted by molar-refractivity contribution is -0.130. The van der Waals surface area contributed by atoms with Crippen molar-refractivity contribution in [3.05, 3.63) is 0 Å². The topological polar surface area (TPSA) is 20.3 Å². The summed E-state index contributed by atoms with van der Waals surface area (Å²) in [6, 6.07) is 0. The van der Waals surface area contributed by atoms with E-state index in [1.807, 2.05) is 11.8 Å². The number of likely N-dealkylation sites (tertiary alicyclic amines) is 1. The van der Waals surface area contributed by atoms with E-state index in [2.05, 4.69) is 26.5 Å². The normalized spacial score (nSPS) is 25.1. The van der Waals surface area contributed by atoms with Gasteiger partial charge in [0.2, 0.25) is 5.91 Å². The highest BCUT2D eigenvalue weighted by atomic mass is 32.1. The third-order valence-corrected chi connectivity index (χ3v) is 3.61. The molecular formula is C12H23NOS. The first-order valence-corrected chi connectivity index (χ1v) is 6.51. The van der Waals surface area contributed by atoms with Gasteiger partial charge in [-0.05, 0) is 38.0 Å². The van der Waals surface area contributed by atoms with E-state index in [-0.39, 0.29) is 11.2 Å². The zero-order valence-electron chi connectivity index (χ0n) is 10.1. The van der Waals surface area contributed by atoms with Crippen molar-refractivity contribution in [3.8, 4) is 0 Å². The predicted octanol–water partition coefficient (Wildman–Crippen LogP) is 2.59. The third kappa shape index (κ3) is 3.71. The zero-order valence-corrected chi connectivity index (χ0v) is 11.0. The minimum Gasteiger partial charge on any atom is -0.342 e. The van der Waals surface area contributed by atoms with Gasteiger partial charge in [0.05, 0.1) is 5.25 Å². The number of carbonyl (C=O) groups is 1. The van der Waals surface area contributed by atoms with Crippen LogP contribution in [0.3, 0.4) is 0 Å². The highest BCUT2D eigenvalue weighted by Gasteiger charge is 2.23. The lowest BCUT2D eigenvalue weighted by atomic mass is 9.89. The van der Waals surface area contributed by atoms with Gasteiger partial charge in [-0.1, -0.05) is 13.8 Å². The third-order valence-electron chi connectivity index (χ3n) is 3.38. The van der Waals surface area contributed by atoms with Gasteiger partial charge >= 0.3 is 0 Å². The summed E-state index contributed by atoms with van der Waals surface area (Å²) in [7, 11) is 0. The number of carbonyl (C=O) groups excluding carboxylic acids is 1. The Morgan fingerprint density at radius 2 is 1.93 bits per heavy atom. The first-order valence-electron chi connectivity index (χ1n) is 5.99. The number of hydrogen-bond acceptors (Lipinski definition) is 2. The molecule has 0 saturated carbocycles. The van der Waals surface area contributed by atoms with Crippen LogP contribution < -0.4 is 0 Å². The Bertz CT molecular complexity index is 216. The molecule has 0 N–H and O–H groups in total. The molecule has 2 nitrogen and oxygen atoms in total. The van der Waals surface area contributed by atoms with Crippen molar-refractivity contribution < 1.29 is 4.79 Å². The number of nitrogens with zero attached hydrogens (tertiary/aromatic N) is 1. The molecule has 1 fully saturated rings. The summed E-state index contributed by atoms with van der Waals surface area (Å²) in [6.07, 6.45) is 3.57. The van der Waals surface area contributed by atoms with Crippen molar-refractivity contribution in [1.29, 1.82) is 0 Å². The summed E-state index contributed by atoms with van der Waals surface area (Å²) in [4.78, 5) is 13.8. The Balaban J connectivity index is 2.49. The van der Waals surface area contributed by atoms with Crippen molar-refractivity contribution in [1.82, 2.24) is 4.90 Å². The fraction of sp³-hybridized carbons (Fsp3) is 0.917. The molecule has 2 unspecified atom stereocenters. The molecule has 1 aliphatic heterocycles. The maximum Gasteiger partial charge on any atom is 0.235 e. The second-order valence-corrected chi connectivity index (χ2v) is 5.71. The molecule has 1 rings (SSSR count). The molecule has 0 aliphatic carbocycles. The van der Waals surface area contributed by atoms with Gasteiger partial charge in [-0.25, -0.2) is 0 Å². The van der Waals surface area contributed by atoms with Gasteiger partial charge in [0.1, 0.15) is 0 Å². The van der Waals surface area contributed by atoms with E-state index < -0.39 is 0 Å². The van der Waals surface area contributed by atoms with Crippen LogP contribution in [-0.2, 0) is 4.79 Å². The maximum atomic E-state index is 11.8. The van der Waals surface area contributed by atoms with Crippen LogP contribution in [0.15, 0.2) is 0 Å². The average Bonchev–Trinajstić information content (AvgIpc) is 2.41. The van der Waals surface area contributed by atoms with Crippen LogP contribution in [-0.4, -0.2) is 29.1 Å². The van der Waals surface area contributed by atoms with E-state index in [1.165, 1.54) is 6.42 Å². The van der Waals surface area contributed by atoms with E-state index in [1.54, 1.807) is 0 Å². The van der Waals surface area contributed by atoms with Gasteiger partial charge in [0, 0.05) is 13.1 Å². The Morgan fingerprint density at radius 1 is 1.27 bits per heavy atom. The smallest absolute Gasteiger partial charge is 0.235 e. The van der Waals surface area contributed by atoms with Crippen molar-refractivity contribution in [2.75, 3.05) is 13.1 Å². The average molecular weight is 229 g/mol. The Morgan fingerprint density at radius 3 is 2.47 bits per heavy atom. The summed E-state index contributed by atoms with van der Waals surface area (Å²) >= 11 is 4.21. The van der Waals surface area contributed by atoms with E-state index >= 15 is 0 Å². The van der Waals surface area contributed by atoms with Crippen LogP contribution >= 0.6 is 12.6 Å². The molecule has 1 amide bonds. The summed E-state index contributed by atoms with van der Waals surface area (Å²) in [6.45, 7) is 8.27. The summed E-state index contributed by atoms with van der Waals surface area (Å²) < 4.78 is 0. The van der Waals surface area contributed by atoms with E-state index in [9.17, 15) is 4.79 Å². The zero-order chi connectivity index (χ0) is 11.4. The molecule has 0 aromatic carbocycles. The lowest BCUT2D eigenvalue weighted by Gasteiger charge is -2.22. The molecule has 0 spiro atoms. The van der Waals surface area contributed by atoms with E-state index in [0.717, 1.165) is 37.8 Å². The van der Waals surface area contributed by atoms with Crippen molar-refractivity contribution in [2.24, 2.45) is 11.8 Å². The number of thiol groups is 1. The molecular weight excluding hydrogens is 206 g/mol. The number of hydrogen-bond donors (Lipinski definition) is 1. The second kappa shape index (κ2) is 5.78. The highest BCUT2D eigenvalue weighted by Crippen LogP contribution is 2.24. The van der Waals surface area contributed by atoms with Gasteiger partial charge in [0.25, 0.3) is 0 Å². The van der Waals surface area contributed by atoms with Crippen LogP contribution in [0.2, 0.25) is 0 Å². The Kier molecular flexibility index (Phi) is 4.97. The first-order chi connectivity index (χ1) is 7.02. The van der Waals surface area contributed by atoms with Crippen LogP contribution in [0.1, 0.15) is 40.0 Å². The second-order valence-electron chi connectivity index (χ2n) is 4.94. The molecule has 0 radical (unpaired) electrons. The van der Waals surface area contributed by atoms with Crippen LogP contribution in [0.25, 0.3) is 0 Å². The SMILES string of the molecule is CC(S)C(=O)N1CCCC(C(C)C)CC1. The summed E-state index contributed by atoms with van der Waals surface area (Å²) in [5, 5.41) is -0.152. The van der Waals surface area contributed by atoms with E-state index in [0.29, 0.717) is 0 Å². The van der Waals surface area contributed by atoms with Gasteiger partial charge in [-0.3, -0.25) is 4.79 Å². The minimum absolute atomic E-state index is 0.152. The monoisotopic (exact) mass is 229 g/mol. The molecule has 0 aromatic rings. The molecule has 88 valence electrons. The Labute approximate surface area is 98.8 Å². The molecule has 15 heavy (non-hydrogen) atoms. The Hall–Kier alpha value is -0.180. The largest absolute Gasteiger partial charge is 0.342 e. The van der Waals surface area contributed by atoms with Crippen molar-refractivity contribution in [3.63, 3.8) is 0 Å². The quantitative estimate of drug-likeness (QED) is 0.722. The standard InChI is InChI=1S/C12H23NOS/c1-9(2)11-5-4-7-13(8-6-11)12(14)10(3)15/h9-11,15H,4-8H2,1-3H3. The van der Waals surface area contributed by atoms with Crippen LogP contribution in [0.5, 0.6) is 0 Å². The fourth-order valence-corrected chi connectivity index (χ4v) is 2.44. The lowest BCUT2D eigenvalue weighted by Crippen LogP contribution is -2.36. The molecule has 1 saturated heterocycles. The fourth-order valence-electron chi connectivity index (χ4n) is 2.27. The van der Waals surface area contributed by atoms with Crippen LogP contribution in [0.4, 0.5) is 0 Å². The maximum absolute atomic E-state index is 11.8. The summed E-state index contributed by atoms with van der Waals surface area (Å²) in [5.74, 6) is 1.73. The van der Waals surface area contributed by atoms with Gasteiger partial charge < -0.3 is 4.90 Å². The molecule has 0 aromatic heterocycles.